The van der Waals surface area contributed by atoms with Crippen molar-refractivity contribution in [1.82, 2.24) is 0 Å². The van der Waals surface area contributed by atoms with Crippen molar-refractivity contribution in [1.29, 1.82) is 10.5 Å². The van der Waals surface area contributed by atoms with E-state index in [1.807, 2.05) is 32.9 Å². The summed E-state index contributed by atoms with van der Waals surface area (Å²) in [7, 11) is 0. The van der Waals surface area contributed by atoms with Crippen LogP contribution < -0.4 is 4.90 Å². The van der Waals surface area contributed by atoms with Crippen LogP contribution in [0.3, 0.4) is 0 Å². The van der Waals surface area contributed by atoms with Crippen molar-refractivity contribution in [2.24, 2.45) is 10.2 Å². The predicted octanol–water partition coefficient (Wildman–Crippen LogP) is 9.06. The summed E-state index contributed by atoms with van der Waals surface area (Å²) in [5.41, 5.74) is 2.43. The summed E-state index contributed by atoms with van der Waals surface area (Å²) in [5, 5.41) is 37.0. The van der Waals surface area contributed by atoms with Gasteiger partial charge in [-0.1, -0.05) is 40.0 Å². The number of nitrogens with zero attached hydrogens (tertiary/aromatic N) is 5. The summed E-state index contributed by atoms with van der Waals surface area (Å²) in [4.78, 5) is 26.0. The number of nitriles is 2. The number of hydrogen-bond acceptors (Lipinski definition) is 10. The minimum Gasteiger partial charge on any atom is -0.481 e. The SMILES string of the molecule is CCCCCCN(CCC(C)(CC)OCC(C)(CC)OC(=O)CCC(=O)O)c1ccc(N=Nc2sc(C#N)c(C)c2C#N)c(C)c1. The minimum atomic E-state index is -1.03. The van der Waals surface area contributed by atoms with Crippen molar-refractivity contribution in [2.75, 3.05) is 24.6 Å². The Balaban J connectivity index is 2.20. The van der Waals surface area contributed by atoms with E-state index >= 15 is 0 Å². The average Bonchev–Trinajstić information content (AvgIpc) is 3.35. The number of carbonyl (C=O) groups is 2. The summed E-state index contributed by atoms with van der Waals surface area (Å²) < 4.78 is 12.1. The van der Waals surface area contributed by atoms with Gasteiger partial charge in [-0.3, -0.25) is 9.59 Å². The molecule has 46 heavy (non-hydrogen) atoms. The van der Waals surface area contributed by atoms with Gasteiger partial charge in [0.15, 0.2) is 5.00 Å². The van der Waals surface area contributed by atoms with Gasteiger partial charge in [-0.2, -0.15) is 10.5 Å². The lowest BCUT2D eigenvalue weighted by Gasteiger charge is -2.37. The first kappa shape index (κ1) is 38.4. The van der Waals surface area contributed by atoms with Crippen LogP contribution in [0.2, 0.25) is 0 Å². The van der Waals surface area contributed by atoms with Gasteiger partial charge < -0.3 is 19.5 Å². The van der Waals surface area contributed by atoms with Crippen LogP contribution in [-0.2, 0) is 19.1 Å². The van der Waals surface area contributed by atoms with E-state index < -0.39 is 23.1 Å². The van der Waals surface area contributed by atoms with Crippen molar-refractivity contribution >= 4 is 39.7 Å². The molecule has 2 aromatic rings. The van der Waals surface area contributed by atoms with Gasteiger partial charge in [-0.05, 0) is 82.7 Å². The van der Waals surface area contributed by atoms with E-state index in [1.165, 1.54) is 17.8 Å². The molecule has 0 spiro atoms. The second kappa shape index (κ2) is 18.4. The van der Waals surface area contributed by atoms with Gasteiger partial charge in [-0.15, -0.1) is 21.6 Å². The Morgan fingerprint density at radius 2 is 1.70 bits per heavy atom. The Hall–Kier alpha value is -3.80. The number of aliphatic carboxylic acids is 1. The Morgan fingerprint density at radius 3 is 2.28 bits per heavy atom. The number of carboxylic acids is 1. The second-order valence-electron chi connectivity index (χ2n) is 12.2. The van der Waals surface area contributed by atoms with E-state index in [0.29, 0.717) is 33.1 Å². The number of rotatable bonds is 20. The molecule has 0 aliphatic heterocycles. The molecule has 11 heteroatoms. The maximum absolute atomic E-state index is 12.3. The first-order valence-corrected chi connectivity index (χ1v) is 16.9. The Kier molecular flexibility index (Phi) is 15.3. The van der Waals surface area contributed by atoms with E-state index in [1.54, 1.807) is 6.92 Å². The van der Waals surface area contributed by atoms with E-state index in [0.717, 1.165) is 56.4 Å². The van der Waals surface area contributed by atoms with Crippen LogP contribution in [0.4, 0.5) is 16.4 Å². The molecule has 2 rings (SSSR count). The molecule has 2 atom stereocenters. The molecule has 1 N–H and O–H groups in total. The standard InChI is InChI=1S/C35H49N5O5S/c1-8-11-12-13-19-40(20-18-34(6,9-2)44-24-35(7,10-3)45-32(43)17-16-31(41)42)27-14-15-29(25(4)21-27)38-39-33-28(22-36)26(5)30(23-37)46-33/h14-15,21H,8-13,16-20,24H2,1-7H3,(H,41,42). The molecule has 2 unspecified atom stereocenters. The van der Waals surface area contributed by atoms with Gasteiger partial charge in [-0.25, -0.2) is 0 Å². The number of carbonyl (C=O) groups excluding carboxylic acids is 1. The highest BCUT2D eigenvalue weighted by Gasteiger charge is 2.32. The molecule has 0 saturated carbocycles. The number of hydrogen-bond donors (Lipinski definition) is 1. The fraction of sp³-hybridized carbons (Fsp3) is 0.600. The van der Waals surface area contributed by atoms with Crippen LogP contribution in [0.25, 0.3) is 0 Å². The van der Waals surface area contributed by atoms with Gasteiger partial charge in [0.2, 0.25) is 0 Å². The summed E-state index contributed by atoms with van der Waals surface area (Å²) in [5.74, 6) is -1.57. The lowest BCUT2D eigenvalue weighted by molar-refractivity contribution is -0.174. The molecule has 0 fully saturated rings. The number of thiophene rings is 1. The van der Waals surface area contributed by atoms with Crippen molar-refractivity contribution in [2.45, 2.75) is 117 Å². The van der Waals surface area contributed by atoms with Gasteiger partial charge in [0, 0.05) is 18.8 Å². The summed E-state index contributed by atoms with van der Waals surface area (Å²) in [6.45, 7) is 15.7. The summed E-state index contributed by atoms with van der Waals surface area (Å²) in [6, 6.07) is 10.3. The van der Waals surface area contributed by atoms with Crippen molar-refractivity contribution < 1.29 is 24.2 Å². The number of ether oxygens (including phenoxy) is 2. The molecule has 250 valence electrons. The van der Waals surface area contributed by atoms with Crippen LogP contribution in [0.1, 0.15) is 114 Å². The zero-order valence-electron chi connectivity index (χ0n) is 28.4. The first-order valence-electron chi connectivity index (χ1n) is 16.1. The maximum atomic E-state index is 12.3. The van der Waals surface area contributed by atoms with Crippen LogP contribution >= 0.6 is 11.3 Å². The molecule has 0 aliphatic rings. The number of unbranched alkanes of at least 4 members (excludes halogenated alkanes) is 3. The van der Waals surface area contributed by atoms with Gasteiger partial charge in [0.05, 0.1) is 36.3 Å². The molecule has 0 aliphatic carbocycles. The number of anilines is 1. The predicted molar refractivity (Wildman–Crippen MR) is 181 cm³/mol. The third-order valence-electron chi connectivity index (χ3n) is 8.45. The van der Waals surface area contributed by atoms with Crippen LogP contribution in [0.15, 0.2) is 28.4 Å². The van der Waals surface area contributed by atoms with Gasteiger partial charge in [0.1, 0.15) is 22.6 Å². The molecule has 10 nitrogen and oxygen atoms in total. The van der Waals surface area contributed by atoms with Crippen LogP contribution in [-0.4, -0.2) is 47.9 Å². The Bertz CT molecular complexity index is 1440. The molecule has 1 aromatic carbocycles. The number of esters is 1. The number of azo groups is 1. The molecule has 1 heterocycles. The monoisotopic (exact) mass is 651 g/mol. The number of aryl methyl sites for hydroxylation is 1. The van der Waals surface area contributed by atoms with Crippen molar-refractivity contribution in [3.8, 4) is 12.1 Å². The molecule has 0 saturated heterocycles. The maximum Gasteiger partial charge on any atom is 0.306 e. The quantitative estimate of drug-likeness (QED) is 0.0846. The fourth-order valence-electron chi connectivity index (χ4n) is 4.74. The number of carboxylic acid groups (broad SMARTS) is 1. The van der Waals surface area contributed by atoms with E-state index in [-0.39, 0.29) is 19.4 Å². The average molecular weight is 652 g/mol. The summed E-state index contributed by atoms with van der Waals surface area (Å²) in [6.07, 6.45) is 6.18. The van der Waals surface area contributed by atoms with E-state index in [9.17, 15) is 20.1 Å². The molecular weight excluding hydrogens is 602 g/mol. The Morgan fingerprint density at radius 1 is 0.978 bits per heavy atom. The highest BCUT2D eigenvalue weighted by Crippen LogP contribution is 2.36. The largest absolute Gasteiger partial charge is 0.481 e. The fourth-order valence-corrected chi connectivity index (χ4v) is 5.62. The molecular formula is C35H49N5O5S. The third kappa shape index (κ3) is 11.5. The van der Waals surface area contributed by atoms with Crippen molar-refractivity contribution in [3.05, 3.63) is 39.8 Å². The lowest BCUT2D eigenvalue weighted by Crippen LogP contribution is -2.42. The zero-order chi connectivity index (χ0) is 34.3. The zero-order valence-corrected chi connectivity index (χ0v) is 29.3. The topological polar surface area (TPSA) is 148 Å². The smallest absolute Gasteiger partial charge is 0.306 e. The third-order valence-corrected chi connectivity index (χ3v) is 9.53. The lowest BCUT2D eigenvalue weighted by atomic mass is 9.96. The van der Waals surface area contributed by atoms with Crippen LogP contribution in [0, 0.1) is 36.5 Å². The summed E-state index contributed by atoms with van der Waals surface area (Å²) >= 11 is 1.17. The highest BCUT2D eigenvalue weighted by atomic mass is 32.1. The van der Waals surface area contributed by atoms with Gasteiger partial charge in [0.25, 0.3) is 0 Å². The molecule has 1 aromatic heterocycles. The van der Waals surface area contributed by atoms with Gasteiger partial charge >= 0.3 is 11.9 Å². The van der Waals surface area contributed by atoms with Crippen LogP contribution in [0.5, 0.6) is 0 Å². The normalized spacial score (nSPS) is 13.8. The minimum absolute atomic E-state index is 0.167. The molecule has 0 radical (unpaired) electrons. The van der Waals surface area contributed by atoms with Crippen molar-refractivity contribution in [3.63, 3.8) is 0 Å². The van der Waals surface area contributed by atoms with E-state index in [2.05, 4.69) is 54.1 Å². The van der Waals surface area contributed by atoms with E-state index in [4.69, 9.17) is 14.6 Å². The molecule has 0 amide bonds. The molecule has 0 bridgehead atoms. The number of benzene rings is 1. The highest BCUT2D eigenvalue weighted by molar-refractivity contribution is 7.16. The Labute approximate surface area is 278 Å². The second-order valence-corrected chi connectivity index (χ2v) is 13.2. The first-order chi connectivity index (χ1) is 21.8.